The first kappa shape index (κ1) is 25.0. The molecule has 0 radical (unpaired) electrons. The molecule has 0 aromatic heterocycles. The molecule has 180 valence electrons. The van der Waals surface area contributed by atoms with E-state index in [1.54, 1.807) is 0 Å². The molecular formula is C21H18F4N4O4S. The first-order valence-electron chi connectivity index (χ1n) is 9.61. The molecule has 1 unspecified atom stereocenters. The lowest BCUT2D eigenvalue weighted by Gasteiger charge is -2.11. The molecule has 2 amide bonds. The van der Waals surface area contributed by atoms with Gasteiger partial charge in [0.1, 0.15) is 16.9 Å². The zero-order valence-electron chi connectivity index (χ0n) is 17.8. The first-order valence-corrected chi connectivity index (χ1v) is 10.5. The van der Waals surface area contributed by atoms with E-state index in [9.17, 15) is 27.2 Å². The topological polar surface area (TPSA) is 92.6 Å². The van der Waals surface area contributed by atoms with Crippen LogP contribution in [0.4, 0.5) is 23.2 Å². The zero-order chi connectivity index (χ0) is 24.8. The highest BCUT2D eigenvalue weighted by Gasteiger charge is 2.39. The van der Waals surface area contributed by atoms with Gasteiger partial charge in [0, 0.05) is 19.5 Å². The fourth-order valence-corrected chi connectivity index (χ4v) is 3.92. The van der Waals surface area contributed by atoms with Crippen molar-refractivity contribution in [1.82, 2.24) is 5.01 Å². The van der Waals surface area contributed by atoms with Gasteiger partial charge in [-0.15, -0.1) is 0 Å². The second kappa shape index (κ2) is 11.0. The van der Waals surface area contributed by atoms with Crippen molar-refractivity contribution in [2.75, 3.05) is 19.5 Å². The van der Waals surface area contributed by atoms with Crippen molar-refractivity contribution in [3.63, 3.8) is 0 Å². The zero-order valence-corrected chi connectivity index (χ0v) is 18.6. The van der Waals surface area contributed by atoms with Gasteiger partial charge in [0.15, 0.2) is 16.7 Å². The van der Waals surface area contributed by atoms with Crippen LogP contribution in [-0.4, -0.2) is 54.2 Å². The second-order valence-corrected chi connectivity index (χ2v) is 7.84. The highest BCUT2D eigenvalue weighted by Crippen LogP contribution is 2.31. The summed E-state index contributed by atoms with van der Waals surface area (Å²) >= 11 is 0.994. The van der Waals surface area contributed by atoms with Gasteiger partial charge in [0.25, 0.3) is 5.91 Å². The lowest BCUT2D eigenvalue weighted by atomic mass is 10.2. The largest absolute Gasteiger partial charge is 0.493 e. The Balaban J connectivity index is 1.69. The Labute approximate surface area is 195 Å². The fraction of sp³-hybridized carbons (Fsp3) is 0.238. The van der Waals surface area contributed by atoms with Crippen molar-refractivity contribution in [3.05, 3.63) is 53.6 Å². The number of carbonyl (C=O) groups is 2. The van der Waals surface area contributed by atoms with E-state index in [1.165, 1.54) is 38.6 Å². The van der Waals surface area contributed by atoms with Crippen molar-refractivity contribution in [2.24, 2.45) is 10.1 Å². The Kier molecular flexibility index (Phi) is 8.10. The minimum absolute atomic E-state index is 0.0401. The molecule has 2 aromatic carbocycles. The van der Waals surface area contributed by atoms with Gasteiger partial charge in [-0.05, 0) is 35.9 Å². The van der Waals surface area contributed by atoms with Gasteiger partial charge in [0.2, 0.25) is 5.91 Å². The minimum Gasteiger partial charge on any atom is -0.493 e. The van der Waals surface area contributed by atoms with E-state index >= 15 is 0 Å². The van der Waals surface area contributed by atoms with Crippen LogP contribution in [0.5, 0.6) is 11.5 Å². The maximum Gasteiger partial charge on any atom is 0.387 e. The fourth-order valence-electron chi connectivity index (χ4n) is 2.88. The summed E-state index contributed by atoms with van der Waals surface area (Å²) in [6, 6.07) is 6.79. The number of nitrogens with zero attached hydrogens (tertiary/aromatic N) is 3. The number of rotatable bonds is 8. The molecule has 3 rings (SSSR count). The molecule has 8 nitrogen and oxygen atoms in total. The number of benzene rings is 2. The summed E-state index contributed by atoms with van der Waals surface area (Å²) in [5, 5.41) is 6.72. The molecule has 0 bridgehead atoms. The number of halogens is 4. The average Bonchev–Trinajstić information content (AvgIpc) is 3.08. The van der Waals surface area contributed by atoms with Crippen LogP contribution in [-0.2, 0) is 9.59 Å². The lowest BCUT2D eigenvalue weighted by molar-refractivity contribution is -0.128. The van der Waals surface area contributed by atoms with Gasteiger partial charge < -0.3 is 14.8 Å². The number of methoxy groups -OCH3 is 1. The van der Waals surface area contributed by atoms with Crippen LogP contribution >= 0.6 is 11.8 Å². The van der Waals surface area contributed by atoms with Crippen LogP contribution in [0.1, 0.15) is 12.0 Å². The maximum atomic E-state index is 13.8. The predicted molar refractivity (Wildman–Crippen MR) is 118 cm³/mol. The van der Waals surface area contributed by atoms with Gasteiger partial charge >= 0.3 is 6.61 Å². The molecule has 34 heavy (non-hydrogen) atoms. The van der Waals surface area contributed by atoms with Gasteiger partial charge in [-0.1, -0.05) is 11.8 Å². The third-order valence-electron chi connectivity index (χ3n) is 4.41. The van der Waals surface area contributed by atoms with Gasteiger partial charge in [-0.25, -0.2) is 8.78 Å². The lowest BCUT2D eigenvalue weighted by Crippen LogP contribution is -2.30. The number of thioether (sulfide) groups is 1. The first-order chi connectivity index (χ1) is 16.2. The number of amides is 2. The van der Waals surface area contributed by atoms with E-state index in [0.717, 1.165) is 28.9 Å². The standard InChI is InChI=1S/C21H18F4N4O4S/c1-26-21-29(27-10-11-3-6-15(33-20(24)25)16(7-11)32-2)19(31)17(34-21)9-18(30)28-14-5-4-12(22)8-13(14)23/h3-8,10,17,20H,9H2,1-2H3,(H,28,30)/b26-21?,27-10+. The van der Waals surface area contributed by atoms with Crippen LogP contribution in [0.25, 0.3) is 0 Å². The Hall–Kier alpha value is -3.61. The number of alkyl halides is 2. The molecule has 1 saturated heterocycles. The van der Waals surface area contributed by atoms with Crippen molar-refractivity contribution in [3.8, 4) is 11.5 Å². The average molecular weight is 498 g/mol. The highest BCUT2D eigenvalue weighted by molar-refractivity contribution is 8.15. The van der Waals surface area contributed by atoms with Crippen LogP contribution < -0.4 is 14.8 Å². The molecule has 13 heteroatoms. The molecule has 1 atom stereocenters. The monoisotopic (exact) mass is 498 g/mol. The summed E-state index contributed by atoms with van der Waals surface area (Å²) in [6.45, 7) is -3.02. The molecule has 1 N–H and O–H groups in total. The molecule has 1 heterocycles. The molecule has 1 fully saturated rings. The predicted octanol–water partition coefficient (Wildman–Crippen LogP) is 3.87. The number of aliphatic imine (C=N–C) groups is 1. The summed E-state index contributed by atoms with van der Waals surface area (Å²) in [5.41, 5.74) is 0.203. The smallest absolute Gasteiger partial charge is 0.387 e. The van der Waals surface area contributed by atoms with Crippen molar-refractivity contribution in [1.29, 1.82) is 0 Å². The van der Waals surface area contributed by atoms with Crippen LogP contribution in [0, 0.1) is 11.6 Å². The number of hydrogen-bond donors (Lipinski definition) is 1. The Morgan fingerprint density at radius 1 is 1.24 bits per heavy atom. The molecule has 1 aliphatic rings. The Bertz CT molecular complexity index is 1150. The van der Waals surface area contributed by atoms with E-state index in [-0.39, 0.29) is 28.8 Å². The van der Waals surface area contributed by atoms with E-state index in [4.69, 9.17) is 4.74 Å². The number of hydrogen-bond acceptors (Lipinski definition) is 7. The second-order valence-electron chi connectivity index (χ2n) is 6.67. The minimum atomic E-state index is -3.02. The Morgan fingerprint density at radius 3 is 2.65 bits per heavy atom. The maximum absolute atomic E-state index is 13.8. The summed E-state index contributed by atoms with van der Waals surface area (Å²) in [5.74, 6) is -3.05. The summed E-state index contributed by atoms with van der Waals surface area (Å²) < 4.78 is 61.1. The van der Waals surface area contributed by atoms with Gasteiger partial charge in [-0.3, -0.25) is 14.6 Å². The summed E-state index contributed by atoms with van der Waals surface area (Å²) in [7, 11) is 2.72. The molecule has 0 saturated carbocycles. The third-order valence-corrected chi connectivity index (χ3v) is 5.63. The molecule has 0 spiro atoms. The highest BCUT2D eigenvalue weighted by atomic mass is 32.2. The Morgan fingerprint density at radius 2 is 2.00 bits per heavy atom. The number of amidine groups is 1. The van der Waals surface area contributed by atoms with Gasteiger partial charge in [-0.2, -0.15) is 18.9 Å². The SMILES string of the molecule is CN=C1SC(CC(=O)Nc2ccc(F)cc2F)C(=O)N1/N=C/c1ccc(OC(F)F)c(OC)c1. The number of carbonyl (C=O) groups excluding carboxylic acids is 2. The van der Waals surface area contributed by atoms with E-state index in [2.05, 4.69) is 20.1 Å². The molecule has 1 aliphatic heterocycles. The summed E-state index contributed by atoms with van der Waals surface area (Å²) in [4.78, 5) is 29.1. The normalized spacial score (nSPS) is 17.1. The van der Waals surface area contributed by atoms with Crippen molar-refractivity contribution >= 4 is 40.6 Å². The van der Waals surface area contributed by atoms with Crippen molar-refractivity contribution in [2.45, 2.75) is 18.3 Å². The molecule has 0 aliphatic carbocycles. The summed E-state index contributed by atoms with van der Waals surface area (Å²) in [6.07, 6.45) is 0.980. The van der Waals surface area contributed by atoms with Crippen molar-refractivity contribution < 1.29 is 36.6 Å². The molecular weight excluding hydrogens is 480 g/mol. The van der Waals surface area contributed by atoms with E-state index in [1.807, 2.05) is 0 Å². The van der Waals surface area contributed by atoms with Crippen LogP contribution in [0.3, 0.4) is 0 Å². The number of anilines is 1. The van der Waals surface area contributed by atoms with Crippen LogP contribution in [0.2, 0.25) is 0 Å². The van der Waals surface area contributed by atoms with Gasteiger partial charge in [0.05, 0.1) is 19.0 Å². The number of hydrazone groups is 1. The number of ether oxygens (including phenoxy) is 2. The number of nitrogens with one attached hydrogen (secondary N) is 1. The van der Waals surface area contributed by atoms with E-state index < -0.39 is 35.3 Å². The molecule has 2 aromatic rings. The third kappa shape index (κ3) is 6.04. The van der Waals surface area contributed by atoms with Crippen LogP contribution in [0.15, 0.2) is 46.5 Å². The van der Waals surface area contributed by atoms with E-state index in [0.29, 0.717) is 11.6 Å². The quantitative estimate of drug-likeness (QED) is 0.441.